The molecule has 0 bridgehead atoms. The van der Waals surface area contributed by atoms with E-state index in [0.717, 1.165) is 17.7 Å². The van der Waals surface area contributed by atoms with Crippen LogP contribution in [0.4, 0.5) is 0 Å². The fourth-order valence-corrected chi connectivity index (χ4v) is 2.81. The SMILES string of the molecule is CN1C(=O)CC(NC(=S)NC2CCCCC2)C1=O. The van der Waals surface area contributed by atoms with Crippen molar-refractivity contribution in [2.75, 3.05) is 7.05 Å². The van der Waals surface area contributed by atoms with E-state index in [4.69, 9.17) is 12.2 Å². The molecule has 2 aliphatic rings. The summed E-state index contributed by atoms with van der Waals surface area (Å²) in [6.45, 7) is 0. The largest absolute Gasteiger partial charge is 0.360 e. The Balaban J connectivity index is 1.80. The zero-order valence-corrected chi connectivity index (χ0v) is 11.4. The molecule has 0 aromatic heterocycles. The van der Waals surface area contributed by atoms with Gasteiger partial charge in [0.25, 0.3) is 5.91 Å². The van der Waals surface area contributed by atoms with E-state index in [1.54, 1.807) is 0 Å². The second-order valence-electron chi connectivity index (χ2n) is 5.00. The molecule has 0 aromatic rings. The molecule has 18 heavy (non-hydrogen) atoms. The lowest BCUT2D eigenvalue weighted by Crippen LogP contribution is -2.48. The Morgan fingerprint density at radius 1 is 1.22 bits per heavy atom. The first-order valence-electron chi connectivity index (χ1n) is 6.45. The van der Waals surface area contributed by atoms with Crippen molar-refractivity contribution in [3.8, 4) is 0 Å². The van der Waals surface area contributed by atoms with Crippen LogP contribution in [0.5, 0.6) is 0 Å². The van der Waals surface area contributed by atoms with Crippen molar-refractivity contribution in [1.29, 1.82) is 0 Å². The van der Waals surface area contributed by atoms with Crippen LogP contribution in [0.15, 0.2) is 0 Å². The summed E-state index contributed by atoms with van der Waals surface area (Å²) in [4.78, 5) is 24.2. The fraction of sp³-hybridized carbons (Fsp3) is 0.750. The summed E-state index contributed by atoms with van der Waals surface area (Å²) in [6.07, 6.45) is 6.19. The number of amides is 2. The number of rotatable bonds is 2. The van der Waals surface area contributed by atoms with Gasteiger partial charge in [-0.25, -0.2) is 0 Å². The lowest BCUT2D eigenvalue weighted by molar-refractivity contribution is -0.137. The maximum Gasteiger partial charge on any atom is 0.251 e. The van der Waals surface area contributed by atoms with Crippen LogP contribution in [0.1, 0.15) is 38.5 Å². The van der Waals surface area contributed by atoms with Crippen molar-refractivity contribution in [3.05, 3.63) is 0 Å². The second kappa shape index (κ2) is 5.65. The molecule has 2 rings (SSSR count). The summed E-state index contributed by atoms with van der Waals surface area (Å²) in [6, 6.07) is -0.0882. The van der Waals surface area contributed by atoms with E-state index in [-0.39, 0.29) is 18.2 Å². The highest BCUT2D eigenvalue weighted by Gasteiger charge is 2.36. The monoisotopic (exact) mass is 269 g/mol. The quantitative estimate of drug-likeness (QED) is 0.566. The molecule has 100 valence electrons. The number of hydrogen-bond acceptors (Lipinski definition) is 3. The van der Waals surface area contributed by atoms with E-state index in [1.165, 1.54) is 26.3 Å². The van der Waals surface area contributed by atoms with E-state index >= 15 is 0 Å². The van der Waals surface area contributed by atoms with Gasteiger partial charge in [-0.15, -0.1) is 0 Å². The summed E-state index contributed by atoms with van der Waals surface area (Å²) in [5.41, 5.74) is 0. The number of nitrogens with one attached hydrogen (secondary N) is 2. The van der Waals surface area contributed by atoms with Crippen LogP contribution < -0.4 is 10.6 Å². The van der Waals surface area contributed by atoms with Gasteiger partial charge in [0.2, 0.25) is 5.91 Å². The molecule has 1 aliphatic carbocycles. The number of carbonyl (C=O) groups excluding carboxylic acids is 2. The predicted octanol–water partition coefficient (Wildman–Crippen LogP) is 0.540. The van der Waals surface area contributed by atoms with Gasteiger partial charge in [-0.2, -0.15) is 0 Å². The zero-order chi connectivity index (χ0) is 13.1. The topological polar surface area (TPSA) is 61.4 Å². The normalized spacial score (nSPS) is 25.4. The molecule has 0 radical (unpaired) electrons. The number of likely N-dealkylation sites (tertiary alicyclic amines) is 1. The van der Waals surface area contributed by atoms with E-state index in [2.05, 4.69) is 10.6 Å². The summed E-state index contributed by atoms with van der Waals surface area (Å²) in [7, 11) is 1.50. The first-order valence-corrected chi connectivity index (χ1v) is 6.86. The highest BCUT2D eigenvalue weighted by Crippen LogP contribution is 2.17. The highest BCUT2D eigenvalue weighted by molar-refractivity contribution is 7.80. The molecule has 5 nitrogen and oxygen atoms in total. The van der Waals surface area contributed by atoms with Crippen LogP contribution in [-0.2, 0) is 9.59 Å². The molecule has 2 N–H and O–H groups in total. The smallest absolute Gasteiger partial charge is 0.251 e. The van der Waals surface area contributed by atoms with Crippen molar-refractivity contribution in [3.63, 3.8) is 0 Å². The Morgan fingerprint density at radius 3 is 2.44 bits per heavy atom. The van der Waals surface area contributed by atoms with Crippen molar-refractivity contribution in [2.24, 2.45) is 0 Å². The third-order valence-electron chi connectivity index (χ3n) is 3.63. The van der Waals surface area contributed by atoms with E-state index in [1.807, 2.05) is 0 Å². The number of carbonyl (C=O) groups is 2. The summed E-state index contributed by atoms with van der Waals surface area (Å²) < 4.78 is 0. The van der Waals surface area contributed by atoms with Crippen molar-refractivity contribution in [1.82, 2.24) is 15.5 Å². The van der Waals surface area contributed by atoms with Crippen LogP contribution in [0.25, 0.3) is 0 Å². The van der Waals surface area contributed by atoms with Gasteiger partial charge >= 0.3 is 0 Å². The maximum atomic E-state index is 11.7. The van der Waals surface area contributed by atoms with Gasteiger partial charge in [-0.3, -0.25) is 14.5 Å². The molecule has 1 heterocycles. The lowest BCUT2D eigenvalue weighted by Gasteiger charge is -2.25. The minimum absolute atomic E-state index is 0.155. The molecular formula is C12H19N3O2S. The standard InChI is InChI=1S/C12H19N3O2S/c1-15-10(16)7-9(11(15)17)14-12(18)13-8-5-3-2-4-6-8/h8-9H,2-7H2,1H3,(H2,13,14,18). The number of thiocarbonyl (C=S) groups is 1. The van der Waals surface area contributed by atoms with Gasteiger partial charge in [-0.05, 0) is 25.1 Å². The van der Waals surface area contributed by atoms with E-state index < -0.39 is 6.04 Å². The van der Waals surface area contributed by atoms with Gasteiger partial charge in [0.1, 0.15) is 6.04 Å². The Labute approximate surface area is 112 Å². The summed E-state index contributed by atoms with van der Waals surface area (Å²) >= 11 is 5.20. The second-order valence-corrected chi connectivity index (χ2v) is 5.41. The number of likely N-dealkylation sites (N-methyl/N-ethyl adjacent to an activating group) is 1. The third kappa shape index (κ3) is 2.98. The molecule has 1 saturated carbocycles. The van der Waals surface area contributed by atoms with Crippen LogP contribution in [0.2, 0.25) is 0 Å². The van der Waals surface area contributed by atoms with Crippen molar-refractivity contribution in [2.45, 2.75) is 50.6 Å². The van der Waals surface area contributed by atoms with Gasteiger partial charge < -0.3 is 10.6 Å². The molecule has 2 fully saturated rings. The maximum absolute atomic E-state index is 11.7. The number of nitrogens with zero attached hydrogens (tertiary/aromatic N) is 1. The Kier molecular flexibility index (Phi) is 4.16. The molecule has 6 heteroatoms. The van der Waals surface area contributed by atoms with Crippen LogP contribution >= 0.6 is 12.2 Å². The fourth-order valence-electron chi connectivity index (χ4n) is 2.50. The van der Waals surface area contributed by atoms with Crippen LogP contribution in [0, 0.1) is 0 Å². The molecule has 2 amide bonds. The molecule has 1 aliphatic heterocycles. The minimum atomic E-state index is -0.494. The molecular weight excluding hydrogens is 250 g/mol. The highest BCUT2D eigenvalue weighted by atomic mass is 32.1. The van der Waals surface area contributed by atoms with Gasteiger partial charge in [-0.1, -0.05) is 19.3 Å². The van der Waals surface area contributed by atoms with Crippen molar-refractivity contribution < 1.29 is 9.59 Å². The van der Waals surface area contributed by atoms with Gasteiger partial charge in [0, 0.05) is 13.1 Å². The summed E-state index contributed by atoms with van der Waals surface area (Å²) in [5, 5.41) is 6.67. The summed E-state index contributed by atoms with van der Waals surface area (Å²) in [5.74, 6) is -0.356. The average Bonchev–Trinajstić information content (AvgIpc) is 2.58. The van der Waals surface area contributed by atoms with Gasteiger partial charge in [0.15, 0.2) is 5.11 Å². The minimum Gasteiger partial charge on any atom is -0.360 e. The first-order chi connectivity index (χ1) is 8.58. The predicted molar refractivity (Wildman–Crippen MR) is 71.9 cm³/mol. The molecule has 0 spiro atoms. The average molecular weight is 269 g/mol. The molecule has 1 atom stereocenters. The Morgan fingerprint density at radius 2 is 1.89 bits per heavy atom. The molecule has 1 unspecified atom stereocenters. The first kappa shape index (κ1) is 13.3. The lowest BCUT2D eigenvalue weighted by atomic mass is 9.96. The van der Waals surface area contributed by atoms with E-state index in [9.17, 15) is 9.59 Å². The van der Waals surface area contributed by atoms with Crippen LogP contribution in [0.3, 0.4) is 0 Å². The zero-order valence-electron chi connectivity index (χ0n) is 10.6. The van der Waals surface area contributed by atoms with Crippen molar-refractivity contribution >= 4 is 29.1 Å². The van der Waals surface area contributed by atoms with E-state index in [0.29, 0.717) is 11.2 Å². The Hall–Kier alpha value is -1.17. The number of imide groups is 1. The molecule has 1 saturated heterocycles. The van der Waals surface area contributed by atoms with Gasteiger partial charge in [0.05, 0.1) is 6.42 Å². The van der Waals surface area contributed by atoms with Crippen LogP contribution in [-0.4, -0.2) is 41.0 Å². The Bertz CT molecular complexity index is 366. The third-order valence-corrected chi connectivity index (χ3v) is 3.86. The number of hydrogen-bond donors (Lipinski definition) is 2. The molecule has 0 aromatic carbocycles.